The maximum Gasteiger partial charge on any atom is 0.197 e. The van der Waals surface area contributed by atoms with Crippen molar-refractivity contribution in [3.63, 3.8) is 0 Å². The van der Waals surface area contributed by atoms with Crippen LogP contribution in [-0.4, -0.2) is 10.9 Å². The zero-order chi connectivity index (χ0) is 9.28. The van der Waals surface area contributed by atoms with Gasteiger partial charge in [0.15, 0.2) is 11.5 Å². The van der Waals surface area contributed by atoms with Gasteiger partial charge in [-0.15, -0.1) is 0 Å². The lowest BCUT2D eigenvalue weighted by Gasteiger charge is -1.90. The maximum absolute atomic E-state index is 10.2. The second-order valence-electron chi connectivity index (χ2n) is 1.36. The molecule has 0 heterocycles. The first kappa shape index (κ1) is 12.4. The Balaban J connectivity index is 0. The Bertz CT molecular complexity index is 147. The molecule has 0 aliphatic heterocycles. The molecule has 0 bridgehead atoms. The molecule has 0 aliphatic rings. The summed E-state index contributed by atoms with van der Waals surface area (Å²) in [4.78, 5) is 10.2. The fourth-order valence-corrected chi connectivity index (χ4v) is 0.196. The Morgan fingerprint density at radius 1 is 1.55 bits per heavy atom. The highest BCUT2D eigenvalue weighted by Crippen LogP contribution is 1.89. The van der Waals surface area contributed by atoms with Crippen molar-refractivity contribution in [3.05, 3.63) is 24.9 Å². The van der Waals surface area contributed by atoms with E-state index in [1.54, 1.807) is 0 Å². The SMILES string of the molecule is C=CO/C=C(/O)C(C)=O.CC. The van der Waals surface area contributed by atoms with Crippen LogP contribution < -0.4 is 0 Å². The predicted octanol–water partition coefficient (Wildman–Crippen LogP) is 2.16. The molecule has 0 unspecified atom stereocenters. The summed E-state index contributed by atoms with van der Waals surface area (Å²) in [5, 5.41) is 8.60. The van der Waals surface area contributed by atoms with Crippen LogP contribution in [0.2, 0.25) is 0 Å². The van der Waals surface area contributed by atoms with Crippen molar-refractivity contribution < 1.29 is 14.6 Å². The highest BCUT2D eigenvalue weighted by molar-refractivity contribution is 5.90. The molecule has 0 rings (SSSR count). The minimum atomic E-state index is -0.433. The molecular formula is C8H14O3. The zero-order valence-corrected chi connectivity index (χ0v) is 7.13. The second kappa shape index (κ2) is 8.75. The third-order valence-corrected chi connectivity index (χ3v) is 0.637. The summed E-state index contributed by atoms with van der Waals surface area (Å²) in [6.45, 7) is 8.44. The number of allylic oxidation sites excluding steroid dienone is 1. The van der Waals surface area contributed by atoms with Crippen molar-refractivity contribution in [2.45, 2.75) is 20.8 Å². The van der Waals surface area contributed by atoms with E-state index in [9.17, 15) is 4.79 Å². The van der Waals surface area contributed by atoms with Crippen LogP contribution in [0.4, 0.5) is 0 Å². The lowest BCUT2D eigenvalue weighted by molar-refractivity contribution is -0.116. The topological polar surface area (TPSA) is 46.5 Å². The molecule has 3 heteroatoms. The van der Waals surface area contributed by atoms with Gasteiger partial charge in [-0.25, -0.2) is 0 Å². The number of aliphatic hydroxyl groups is 1. The highest BCUT2D eigenvalue weighted by Gasteiger charge is 1.96. The molecule has 1 N–H and O–H groups in total. The Labute approximate surface area is 67.0 Å². The summed E-state index contributed by atoms with van der Waals surface area (Å²) in [6.07, 6.45) is 2.04. The van der Waals surface area contributed by atoms with Crippen LogP contribution in [0.15, 0.2) is 24.9 Å². The van der Waals surface area contributed by atoms with Crippen LogP contribution in [0.3, 0.4) is 0 Å². The molecule has 0 aromatic rings. The fourth-order valence-electron chi connectivity index (χ4n) is 0.196. The molecule has 0 spiro atoms. The standard InChI is InChI=1S/C6H8O3.C2H6/c1-3-9-4-6(8)5(2)7;1-2/h3-4,8H,1H2,2H3;1-2H3/b6-4+;. The van der Waals surface area contributed by atoms with Gasteiger partial charge in [0.2, 0.25) is 0 Å². The first-order chi connectivity index (χ1) is 5.18. The van der Waals surface area contributed by atoms with Crippen molar-refractivity contribution in [1.29, 1.82) is 0 Å². The maximum atomic E-state index is 10.2. The van der Waals surface area contributed by atoms with Gasteiger partial charge in [0, 0.05) is 6.92 Å². The van der Waals surface area contributed by atoms with Gasteiger partial charge >= 0.3 is 0 Å². The summed E-state index contributed by atoms with van der Waals surface area (Å²) < 4.78 is 4.39. The molecule has 64 valence electrons. The lowest BCUT2D eigenvalue weighted by atomic mass is 10.4. The lowest BCUT2D eigenvalue weighted by Crippen LogP contribution is -1.94. The number of ketones is 1. The summed E-state index contributed by atoms with van der Waals surface area (Å²) in [5.41, 5.74) is 0. The molecule has 0 amide bonds. The molecule has 0 saturated carbocycles. The molecule has 3 nitrogen and oxygen atoms in total. The molecule has 11 heavy (non-hydrogen) atoms. The van der Waals surface area contributed by atoms with Crippen LogP contribution in [0.25, 0.3) is 0 Å². The van der Waals surface area contributed by atoms with Crippen LogP contribution in [0.5, 0.6) is 0 Å². The number of ether oxygens (including phenoxy) is 1. The average molecular weight is 158 g/mol. The molecular weight excluding hydrogens is 144 g/mol. The summed E-state index contributed by atoms with van der Waals surface area (Å²) in [6, 6.07) is 0. The average Bonchev–Trinajstić information content (AvgIpc) is 2.03. The van der Waals surface area contributed by atoms with Gasteiger partial charge in [0.1, 0.15) is 6.26 Å². The molecule has 0 aliphatic carbocycles. The second-order valence-corrected chi connectivity index (χ2v) is 1.36. The molecule has 0 radical (unpaired) electrons. The number of carbonyl (C=O) groups excluding carboxylic acids is 1. The van der Waals surface area contributed by atoms with E-state index in [0.717, 1.165) is 12.5 Å². The number of aliphatic hydroxyl groups excluding tert-OH is 1. The van der Waals surface area contributed by atoms with E-state index in [4.69, 9.17) is 5.11 Å². The quantitative estimate of drug-likeness (QED) is 0.505. The minimum Gasteiger partial charge on any atom is -0.502 e. The summed E-state index contributed by atoms with van der Waals surface area (Å²) in [7, 11) is 0. The molecule has 0 aromatic heterocycles. The van der Waals surface area contributed by atoms with Crippen molar-refractivity contribution in [2.24, 2.45) is 0 Å². The largest absolute Gasteiger partial charge is 0.502 e. The Kier molecular flexibility index (Phi) is 9.89. The van der Waals surface area contributed by atoms with Crippen LogP contribution in [-0.2, 0) is 9.53 Å². The van der Waals surface area contributed by atoms with Crippen molar-refractivity contribution in [1.82, 2.24) is 0 Å². The smallest absolute Gasteiger partial charge is 0.197 e. The van der Waals surface area contributed by atoms with Gasteiger partial charge in [0.05, 0.1) is 6.26 Å². The predicted molar refractivity (Wildman–Crippen MR) is 44.0 cm³/mol. The van der Waals surface area contributed by atoms with Crippen molar-refractivity contribution in [3.8, 4) is 0 Å². The highest BCUT2D eigenvalue weighted by atomic mass is 16.5. The van der Waals surface area contributed by atoms with E-state index in [2.05, 4.69) is 11.3 Å². The number of rotatable bonds is 3. The number of hydrogen-bond donors (Lipinski definition) is 1. The van der Waals surface area contributed by atoms with E-state index in [1.165, 1.54) is 6.92 Å². The monoisotopic (exact) mass is 158 g/mol. The number of carbonyl (C=O) groups is 1. The first-order valence-electron chi connectivity index (χ1n) is 3.35. The summed E-state index contributed by atoms with van der Waals surface area (Å²) >= 11 is 0. The Hall–Kier alpha value is -1.25. The molecule has 0 aromatic carbocycles. The van der Waals surface area contributed by atoms with Gasteiger partial charge in [-0.2, -0.15) is 0 Å². The van der Waals surface area contributed by atoms with Crippen LogP contribution >= 0.6 is 0 Å². The molecule has 0 saturated heterocycles. The van der Waals surface area contributed by atoms with Crippen molar-refractivity contribution >= 4 is 5.78 Å². The van der Waals surface area contributed by atoms with Gasteiger partial charge < -0.3 is 9.84 Å². The van der Waals surface area contributed by atoms with E-state index in [-0.39, 0.29) is 0 Å². The first-order valence-corrected chi connectivity index (χ1v) is 3.35. The minimum absolute atomic E-state index is 0.408. The third-order valence-electron chi connectivity index (χ3n) is 0.637. The van der Waals surface area contributed by atoms with E-state index >= 15 is 0 Å². The molecule has 0 atom stereocenters. The zero-order valence-electron chi connectivity index (χ0n) is 7.13. The van der Waals surface area contributed by atoms with Gasteiger partial charge in [-0.05, 0) is 0 Å². The summed E-state index contributed by atoms with van der Waals surface area (Å²) in [5.74, 6) is -0.841. The van der Waals surface area contributed by atoms with Gasteiger partial charge in [-0.1, -0.05) is 20.4 Å². The van der Waals surface area contributed by atoms with E-state index < -0.39 is 11.5 Å². The van der Waals surface area contributed by atoms with Gasteiger partial charge in [0.25, 0.3) is 0 Å². The van der Waals surface area contributed by atoms with E-state index in [1.807, 2.05) is 13.8 Å². The molecule has 0 fully saturated rings. The Morgan fingerprint density at radius 3 is 2.27 bits per heavy atom. The van der Waals surface area contributed by atoms with Gasteiger partial charge in [-0.3, -0.25) is 4.79 Å². The van der Waals surface area contributed by atoms with Crippen LogP contribution in [0, 0.1) is 0 Å². The number of Topliss-reactive ketones (excluding diaryl/α,β-unsaturated/α-hetero) is 1. The van der Waals surface area contributed by atoms with Crippen molar-refractivity contribution in [2.75, 3.05) is 0 Å². The normalized spacial score (nSPS) is 9.18. The third kappa shape index (κ3) is 8.75. The van der Waals surface area contributed by atoms with E-state index in [0.29, 0.717) is 0 Å². The van der Waals surface area contributed by atoms with Crippen LogP contribution in [0.1, 0.15) is 20.8 Å². The fraction of sp³-hybridized carbons (Fsp3) is 0.375. The number of hydrogen-bond acceptors (Lipinski definition) is 3. The Morgan fingerprint density at radius 2 is 2.00 bits per heavy atom.